The van der Waals surface area contributed by atoms with Crippen molar-refractivity contribution in [2.75, 3.05) is 5.32 Å². The van der Waals surface area contributed by atoms with Gasteiger partial charge in [-0.15, -0.1) is 0 Å². The molecule has 1 heterocycles. The minimum absolute atomic E-state index is 0.102. The second kappa shape index (κ2) is 8.96. The van der Waals surface area contributed by atoms with E-state index in [4.69, 9.17) is 4.98 Å². The first-order valence-electron chi connectivity index (χ1n) is 10.5. The largest absolute Gasteiger partial charge is 0.325 e. The average molecular weight is 412 g/mol. The van der Waals surface area contributed by atoms with E-state index >= 15 is 0 Å². The van der Waals surface area contributed by atoms with E-state index in [1.54, 1.807) is 11.5 Å². The zero-order chi connectivity index (χ0) is 21.8. The number of benzene rings is 3. The Balaban J connectivity index is 1.86. The summed E-state index contributed by atoms with van der Waals surface area (Å²) in [5, 5.41) is 2.91. The Labute approximate surface area is 181 Å². The molecule has 31 heavy (non-hydrogen) atoms. The zero-order valence-corrected chi connectivity index (χ0v) is 17.8. The van der Waals surface area contributed by atoms with Gasteiger partial charge >= 0.3 is 0 Å². The third-order valence-corrected chi connectivity index (χ3v) is 5.34. The number of fused-ring (bicyclic) bond motifs is 1. The number of anilines is 1. The fraction of sp³-hybridized carbons (Fsp3) is 0.192. The number of nitrogens with zero attached hydrogens (tertiary/aromatic N) is 2. The molecule has 1 aromatic heterocycles. The Hall–Kier alpha value is -3.73. The van der Waals surface area contributed by atoms with Crippen molar-refractivity contribution < 1.29 is 4.79 Å². The quantitative estimate of drug-likeness (QED) is 0.488. The molecule has 0 atom stereocenters. The molecule has 4 aromatic rings. The number of aryl methyl sites for hydroxylation is 3. The monoisotopic (exact) mass is 411 g/mol. The first-order chi connectivity index (χ1) is 15.1. The molecule has 0 unspecified atom stereocenters. The van der Waals surface area contributed by atoms with Crippen LogP contribution in [0.5, 0.6) is 0 Å². The van der Waals surface area contributed by atoms with Crippen LogP contribution in [0.4, 0.5) is 5.69 Å². The summed E-state index contributed by atoms with van der Waals surface area (Å²) < 4.78 is 1.79. The Morgan fingerprint density at radius 3 is 2.52 bits per heavy atom. The number of para-hydroxylation sites is 2. The predicted octanol–water partition coefficient (Wildman–Crippen LogP) is 4.96. The lowest BCUT2D eigenvalue weighted by Gasteiger charge is -2.15. The third kappa shape index (κ3) is 4.40. The predicted molar refractivity (Wildman–Crippen MR) is 125 cm³/mol. The molecule has 0 aliphatic heterocycles. The molecule has 3 aromatic carbocycles. The minimum Gasteiger partial charge on any atom is -0.325 e. The highest BCUT2D eigenvalue weighted by Crippen LogP contribution is 2.27. The van der Waals surface area contributed by atoms with Crippen LogP contribution in [0.25, 0.3) is 22.3 Å². The Kier molecular flexibility index (Phi) is 5.94. The van der Waals surface area contributed by atoms with E-state index < -0.39 is 0 Å². The smallest absolute Gasteiger partial charge is 0.277 e. The van der Waals surface area contributed by atoms with Crippen LogP contribution in [0.15, 0.2) is 77.6 Å². The normalized spacial score (nSPS) is 10.9. The van der Waals surface area contributed by atoms with Crippen molar-refractivity contribution in [3.8, 4) is 11.3 Å². The van der Waals surface area contributed by atoms with Gasteiger partial charge in [-0.2, -0.15) is 0 Å². The number of amides is 1. The van der Waals surface area contributed by atoms with Crippen LogP contribution in [0.1, 0.15) is 24.5 Å². The molecule has 4 rings (SSSR count). The van der Waals surface area contributed by atoms with Crippen LogP contribution in [0.3, 0.4) is 0 Å². The Morgan fingerprint density at radius 2 is 1.74 bits per heavy atom. The van der Waals surface area contributed by atoms with E-state index in [1.807, 2.05) is 67.6 Å². The van der Waals surface area contributed by atoms with Gasteiger partial charge in [0.15, 0.2) is 0 Å². The van der Waals surface area contributed by atoms with Gasteiger partial charge in [0.2, 0.25) is 5.91 Å². The molecule has 156 valence electrons. The van der Waals surface area contributed by atoms with Crippen molar-refractivity contribution in [1.29, 1.82) is 0 Å². The molecule has 1 amide bonds. The number of rotatable bonds is 6. The van der Waals surface area contributed by atoms with E-state index in [0.717, 1.165) is 23.0 Å². The van der Waals surface area contributed by atoms with E-state index in [1.165, 1.54) is 5.56 Å². The lowest BCUT2D eigenvalue weighted by Crippen LogP contribution is -2.25. The minimum atomic E-state index is -0.160. The SMILES string of the molecule is CCC(=O)Nc1ccc(C)cc1-c1nc2ccccc2n(CCc2ccccc2)c1=O. The van der Waals surface area contributed by atoms with Crippen molar-refractivity contribution in [3.63, 3.8) is 0 Å². The van der Waals surface area contributed by atoms with Crippen molar-refractivity contribution in [3.05, 3.63) is 94.3 Å². The van der Waals surface area contributed by atoms with Crippen molar-refractivity contribution in [2.45, 2.75) is 33.2 Å². The Bertz CT molecular complexity index is 1290. The number of aromatic nitrogens is 2. The van der Waals surface area contributed by atoms with Crippen LogP contribution in [-0.2, 0) is 17.8 Å². The summed E-state index contributed by atoms with van der Waals surface area (Å²) in [6.07, 6.45) is 1.10. The summed E-state index contributed by atoms with van der Waals surface area (Å²) in [6.45, 7) is 4.30. The maximum Gasteiger partial charge on any atom is 0.277 e. The molecule has 0 aliphatic rings. The molecular formula is C26H25N3O2. The van der Waals surface area contributed by atoms with Gasteiger partial charge in [0.05, 0.1) is 16.7 Å². The summed E-state index contributed by atoms with van der Waals surface area (Å²) in [4.78, 5) is 30.4. The molecule has 1 N–H and O–H groups in total. The van der Waals surface area contributed by atoms with Gasteiger partial charge in [-0.3, -0.25) is 9.59 Å². The van der Waals surface area contributed by atoms with Gasteiger partial charge < -0.3 is 9.88 Å². The average Bonchev–Trinajstić information content (AvgIpc) is 2.80. The summed E-state index contributed by atoms with van der Waals surface area (Å²) >= 11 is 0. The van der Waals surface area contributed by atoms with Gasteiger partial charge in [0.1, 0.15) is 5.69 Å². The first kappa shape index (κ1) is 20.5. The molecule has 0 radical (unpaired) electrons. The van der Waals surface area contributed by atoms with E-state index in [2.05, 4.69) is 17.4 Å². The fourth-order valence-corrected chi connectivity index (χ4v) is 3.68. The highest BCUT2D eigenvalue weighted by Gasteiger charge is 2.17. The third-order valence-electron chi connectivity index (χ3n) is 5.34. The van der Waals surface area contributed by atoms with E-state index in [9.17, 15) is 9.59 Å². The van der Waals surface area contributed by atoms with Crippen LogP contribution in [0, 0.1) is 6.92 Å². The van der Waals surface area contributed by atoms with Crippen LogP contribution in [-0.4, -0.2) is 15.5 Å². The van der Waals surface area contributed by atoms with E-state index in [-0.39, 0.29) is 11.5 Å². The molecule has 5 heteroatoms. The van der Waals surface area contributed by atoms with Crippen LogP contribution >= 0.6 is 0 Å². The number of nitrogens with one attached hydrogen (secondary N) is 1. The molecule has 0 saturated carbocycles. The van der Waals surface area contributed by atoms with E-state index in [0.29, 0.717) is 29.9 Å². The summed E-state index contributed by atoms with van der Waals surface area (Å²) in [7, 11) is 0. The number of hydrogen-bond donors (Lipinski definition) is 1. The van der Waals surface area contributed by atoms with Crippen molar-refractivity contribution in [1.82, 2.24) is 9.55 Å². The van der Waals surface area contributed by atoms with Crippen LogP contribution in [0.2, 0.25) is 0 Å². The highest BCUT2D eigenvalue weighted by atomic mass is 16.1. The lowest BCUT2D eigenvalue weighted by atomic mass is 10.1. The van der Waals surface area contributed by atoms with Gasteiger partial charge in [-0.1, -0.05) is 61.0 Å². The topological polar surface area (TPSA) is 64.0 Å². The second-order valence-corrected chi connectivity index (χ2v) is 7.59. The van der Waals surface area contributed by atoms with Crippen molar-refractivity contribution >= 4 is 22.6 Å². The standard InChI is InChI=1S/C26H25N3O2/c1-3-24(30)27-21-14-13-18(2)17-20(21)25-26(31)29(16-15-19-9-5-4-6-10-19)23-12-8-7-11-22(23)28-25/h4-14,17H,3,15-16H2,1-2H3,(H,27,30). The van der Waals surface area contributed by atoms with Crippen LogP contribution < -0.4 is 10.9 Å². The zero-order valence-electron chi connectivity index (χ0n) is 17.8. The highest BCUT2D eigenvalue weighted by molar-refractivity contribution is 5.95. The second-order valence-electron chi connectivity index (χ2n) is 7.59. The van der Waals surface area contributed by atoms with Gasteiger partial charge in [0, 0.05) is 18.5 Å². The van der Waals surface area contributed by atoms with Gasteiger partial charge in [0.25, 0.3) is 5.56 Å². The molecule has 0 aliphatic carbocycles. The number of carbonyl (C=O) groups is 1. The summed E-state index contributed by atoms with van der Waals surface area (Å²) in [6, 6.07) is 23.5. The molecule has 0 fully saturated rings. The first-order valence-corrected chi connectivity index (χ1v) is 10.5. The maximum absolute atomic E-state index is 13.6. The fourth-order valence-electron chi connectivity index (χ4n) is 3.68. The number of hydrogen-bond acceptors (Lipinski definition) is 3. The van der Waals surface area contributed by atoms with Gasteiger partial charge in [-0.25, -0.2) is 4.98 Å². The van der Waals surface area contributed by atoms with Crippen molar-refractivity contribution in [2.24, 2.45) is 0 Å². The summed E-state index contributed by atoms with van der Waals surface area (Å²) in [5.41, 5.74) is 5.16. The molecular weight excluding hydrogens is 386 g/mol. The molecule has 0 bridgehead atoms. The summed E-state index contributed by atoms with van der Waals surface area (Å²) in [5.74, 6) is -0.102. The molecule has 0 saturated heterocycles. The lowest BCUT2D eigenvalue weighted by molar-refractivity contribution is -0.115. The number of carbonyl (C=O) groups excluding carboxylic acids is 1. The molecule has 0 spiro atoms. The molecule has 5 nitrogen and oxygen atoms in total. The Morgan fingerprint density at radius 1 is 1.00 bits per heavy atom. The maximum atomic E-state index is 13.6. The van der Waals surface area contributed by atoms with Gasteiger partial charge in [-0.05, 0) is 43.2 Å².